The van der Waals surface area contributed by atoms with Crippen LogP contribution in [0.1, 0.15) is 11.1 Å². The molecule has 0 spiro atoms. The molecule has 0 heterocycles. The number of aliphatic carboxylic acids is 1. The topological polar surface area (TPSA) is 95.6 Å². The molecule has 0 aromatic heterocycles. The number of carboxylic acids is 1. The SMILES string of the molecule is N[C@@H](Cc1ccccc1)[C@@H](O)[C@@H](NCc1cccc2ccccc12)C(=O)O. The third kappa shape index (κ3) is 4.71. The normalized spacial score (nSPS) is 14.6. The van der Waals surface area contributed by atoms with Gasteiger partial charge in [0.2, 0.25) is 0 Å². The van der Waals surface area contributed by atoms with E-state index in [-0.39, 0.29) is 0 Å². The molecule has 0 aliphatic carbocycles. The lowest BCUT2D eigenvalue weighted by molar-refractivity contribution is -0.143. The Labute approximate surface area is 158 Å². The van der Waals surface area contributed by atoms with Crippen molar-refractivity contribution in [3.8, 4) is 0 Å². The molecule has 0 aliphatic heterocycles. The van der Waals surface area contributed by atoms with Gasteiger partial charge in [0, 0.05) is 12.6 Å². The van der Waals surface area contributed by atoms with Gasteiger partial charge in [-0.25, -0.2) is 0 Å². The van der Waals surface area contributed by atoms with Crippen LogP contribution in [0.2, 0.25) is 0 Å². The smallest absolute Gasteiger partial charge is 0.323 e. The summed E-state index contributed by atoms with van der Waals surface area (Å²) in [7, 11) is 0. The standard InChI is InChI=1S/C22H24N2O3/c23-19(13-15-7-2-1-3-8-15)21(25)20(22(26)27)24-14-17-11-6-10-16-9-4-5-12-18(16)17/h1-12,19-21,24-25H,13-14,23H2,(H,26,27)/t19-,20+,21+/m0/s1. The largest absolute Gasteiger partial charge is 0.480 e. The molecule has 3 aromatic carbocycles. The summed E-state index contributed by atoms with van der Waals surface area (Å²) in [5.41, 5.74) is 8.03. The van der Waals surface area contributed by atoms with Gasteiger partial charge in [-0.1, -0.05) is 72.8 Å². The Morgan fingerprint density at radius 1 is 0.963 bits per heavy atom. The number of benzene rings is 3. The molecule has 5 nitrogen and oxygen atoms in total. The van der Waals surface area contributed by atoms with Gasteiger partial charge in [-0.05, 0) is 28.3 Å². The van der Waals surface area contributed by atoms with Crippen LogP contribution in [0.4, 0.5) is 0 Å². The predicted octanol–water partition coefficient (Wildman–Crippen LogP) is 2.31. The molecule has 0 amide bonds. The Morgan fingerprint density at radius 3 is 2.37 bits per heavy atom. The van der Waals surface area contributed by atoms with Gasteiger partial charge in [0.15, 0.2) is 0 Å². The van der Waals surface area contributed by atoms with E-state index in [0.29, 0.717) is 13.0 Å². The Hall–Kier alpha value is -2.73. The number of rotatable bonds is 8. The van der Waals surface area contributed by atoms with Crippen molar-refractivity contribution >= 4 is 16.7 Å². The van der Waals surface area contributed by atoms with Crippen molar-refractivity contribution < 1.29 is 15.0 Å². The zero-order valence-corrected chi connectivity index (χ0v) is 15.0. The molecular weight excluding hydrogens is 340 g/mol. The number of carboxylic acid groups (broad SMARTS) is 1. The fourth-order valence-electron chi connectivity index (χ4n) is 3.27. The lowest BCUT2D eigenvalue weighted by Crippen LogP contribution is -2.54. The van der Waals surface area contributed by atoms with E-state index in [2.05, 4.69) is 5.32 Å². The van der Waals surface area contributed by atoms with E-state index >= 15 is 0 Å². The van der Waals surface area contributed by atoms with Crippen LogP contribution in [-0.4, -0.2) is 34.4 Å². The summed E-state index contributed by atoms with van der Waals surface area (Å²) >= 11 is 0. The average Bonchev–Trinajstić information content (AvgIpc) is 2.68. The molecule has 140 valence electrons. The monoisotopic (exact) mass is 364 g/mol. The van der Waals surface area contributed by atoms with Crippen molar-refractivity contribution in [3.05, 3.63) is 83.9 Å². The van der Waals surface area contributed by atoms with Crippen LogP contribution in [0.3, 0.4) is 0 Å². The fraction of sp³-hybridized carbons (Fsp3) is 0.227. The molecule has 0 radical (unpaired) electrons. The van der Waals surface area contributed by atoms with E-state index in [0.717, 1.165) is 21.9 Å². The van der Waals surface area contributed by atoms with E-state index in [1.807, 2.05) is 72.8 Å². The van der Waals surface area contributed by atoms with Crippen LogP contribution in [0, 0.1) is 0 Å². The molecule has 0 fully saturated rings. The highest BCUT2D eigenvalue weighted by Gasteiger charge is 2.30. The Morgan fingerprint density at radius 2 is 1.63 bits per heavy atom. The first-order valence-corrected chi connectivity index (χ1v) is 8.96. The maximum Gasteiger partial charge on any atom is 0.323 e. The van der Waals surface area contributed by atoms with Gasteiger partial charge in [-0.2, -0.15) is 0 Å². The summed E-state index contributed by atoms with van der Waals surface area (Å²) < 4.78 is 0. The second-order valence-electron chi connectivity index (χ2n) is 6.68. The number of nitrogens with one attached hydrogen (secondary N) is 1. The van der Waals surface area contributed by atoms with Crippen LogP contribution < -0.4 is 11.1 Å². The minimum absolute atomic E-state index is 0.327. The minimum Gasteiger partial charge on any atom is -0.480 e. The first-order valence-electron chi connectivity index (χ1n) is 8.96. The molecular formula is C22H24N2O3. The maximum absolute atomic E-state index is 11.7. The van der Waals surface area contributed by atoms with Gasteiger partial charge in [0.05, 0.1) is 6.10 Å². The van der Waals surface area contributed by atoms with Gasteiger partial charge >= 0.3 is 5.97 Å². The van der Waals surface area contributed by atoms with Gasteiger partial charge in [0.1, 0.15) is 6.04 Å². The maximum atomic E-state index is 11.7. The highest BCUT2D eigenvalue weighted by molar-refractivity contribution is 5.85. The predicted molar refractivity (Wildman–Crippen MR) is 106 cm³/mol. The summed E-state index contributed by atoms with van der Waals surface area (Å²) in [6, 6.07) is 21.5. The second kappa shape index (κ2) is 8.77. The first kappa shape index (κ1) is 19.0. The summed E-state index contributed by atoms with van der Waals surface area (Å²) in [6.45, 7) is 0.327. The van der Waals surface area contributed by atoms with Crippen molar-refractivity contribution in [1.82, 2.24) is 5.32 Å². The van der Waals surface area contributed by atoms with Gasteiger partial charge in [-0.3, -0.25) is 10.1 Å². The van der Waals surface area contributed by atoms with E-state index in [9.17, 15) is 15.0 Å². The number of fused-ring (bicyclic) bond motifs is 1. The number of hydrogen-bond acceptors (Lipinski definition) is 4. The van der Waals surface area contributed by atoms with Crippen molar-refractivity contribution in [2.75, 3.05) is 0 Å². The van der Waals surface area contributed by atoms with Crippen LogP contribution in [-0.2, 0) is 17.8 Å². The average molecular weight is 364 g/mol. The zero-order chi connectivity index (χ0) is 19.2. The quantitative estimate of drug-likeness (QED) is 0.492. The molecule has 5 heteroatoms. The Bertz CT molecular complexity index is 893. The van der Waals surface area contributed by atoms with Gasteiger partial charge < -0.3 is 15.9 Å². The van der Waals surface area contributed by atoms with Crippen LogP contribution in [0.15, 0.2) is 72.8 Å². The molecule has 3 aromatic rings. The highest BCUT2D eigenvalue weighted by atomic mass is 16.4. The number of carbonyl (C=O) groups is 1. The summed E-state index contributed by atoms with van der Waals surface area (Å²) in [4.78, 5) is 11.7. The van der Waals surface area contributed by atoms with Crippen molar-refractivity contribution in [3.63, 3.8) is 0 Å². The third-order valence-corrected chi connectivity index (χ3v) is 4.75. The lowest BCUT2D eigenvalue weighted by Gasteiger charge is -2.26. The van der Waals surface area contributed by atoms with Crippen molar-refractivity contribution in [1.29, 1.82) is 0 Å². The highest BCUT2D eigenvalue weighted by Crippen LogP contribution is 2.18. The molecule has 0 aliphatic rings. The molecule has 5 N–H and O–H groups in total. The lowest BCUT2D eigenvalue weighted by atomic mass is 9.96. The van der Waals surface area contributed by atoms with Crippen LogP contribution in [0.25, 0.3) is 10.8 Å². The van der Waals surface area contributed by atoms with E-state index in [1.165, 1.54) is 0 Å². The summed E-state index contributed by atoms with van der Waals surface area (Å²) in [5.74, 6) is -1.12. The number of aliphatic hydroxyl groups is 1. The number of aliphatic hydroxyl groups excluding tert-OH is 1. The van der Waals surface area contributed by atoms with Gasteiger partial charge in [-0.15, -0.1) is 0 Å². The Kier molecular flexibility index (Phi) is 6.19. The molecule has 0 saturated carbocycles. The summed E-state index contributed by atoms with van der Waals surface area (Å²) in [6.07, 6.45) is -0.806. The molecule has 0 unspecified atom stereocenters. The Balaban J connectivity index is 1.70. The molecule has 3 rings (SSSR count). The molecule has 27 heavy (non-hydrogen) atoms. The van der Waals surface area contributed by atoms with Crippen LogP contribution in [0.5, 0.6) is 0 Å². The van der Waals surface area contributed by atoms with Crippen molar-refractivity contribution in [2.24, 2.45) is 5.73 Å². The summed E-state index contributed by atoms with van der Waals surface area (Å²) in [5, 5.41) is 25.2. The number of nitrogens with two attached hydrogens (primary N) is 1. The second-order valence-corrected chi connectivity index (χ2v) is 6.68. The van der Waals surface area contributed by atoms with E-state index in [4.69, 9.17) is 5.73 Å². The van der Waals surface area contributed by atoms with Crippen molar-refractivity contribution in [2.45, 2.75) is 31.2 Å². The molecule has 0 bridgehead atoms. The molecule has 3 atom stereocenters. The zero-order valence-electron chi connectivity index (χ0n) is 15.0. The number of hydrogen-bond donors (Lipinski definition) is 4. The van der Waals surface area contributed by atoms with Crippen LogP contribution >= 0.6 is 0 Å². The fourth-order valence-corrected chi connectivity index (χ4v) is 3.27. The van der Waals surface area contributed by atoms with E-state index in [1.54, 1.807) is 0 Å². The minimum atomic E-state index is -1.21. The van der Waals surface area contributed by atoms with Gasteiger partial charge in [0.25, 0.3) is 0 Å². The first-order chi connectivity index (χ1) is 13.1. The third-order valence-electron chi connectivity index (χ3n) is 4.75. The molecule has 0 saturated heterocycles. The van der Waals surface area contributed by atoms with E-state index < -0.39 is 24.2 Å².